The lowest BCUT2D eigenvalue weighted by atomic mass is 9.82. The number of rotatable bonds is 38. The highest BCUT2D eigenvalue weighted by molar-refractivity contribution is 4.68. The summed E-state index contributed by atoms with van der Waals surface area (Å²) in [6.07, 6.45) is 51.6. The van der Waals surface area contributed by atoms with Crippen LogP contribution in [0.25, 0.3) is 0 Å². The number of aliphatic hydroxyl groups is 1. The number of aliphatic hydroxyl groups excluding tert-OH is 1. The fourth-order valence-corrected chi connectivity index (χ4v) is 7.26. The van der Waals surface area contributed by atoms with Gasteiger partial charge in [-0.05, 0) is 18.3 Å². The van der Waals surface area contributed by atoms with Crippen LogP contribution in [0.15, 0.2) is 0 Å². The largest absolute Gasteiger partial charge is 0.396 e. The summed E-state index contributed by atoms with van der Waals surface area (Å²) in [5, 5.41) is 9.29. The maximum atomic E-state index is 9.29. The maximum Gasteiger partial charge on any atom is 0.0431 e. The van der Waals surface area contributed by atoms with Gasteiger partial charge in [0.05, 0.1) is 0 Å². The molecule has 0 aliphatic carbocycles. The molecule has 0 aromatic heterocycles. The fraction of sp³-hybridized carbons (Fsp3) is 1.00. The first-order chi connectivity index (χ1) is 21.3. The van der Waals surface area contributed by atoms with Crippen LogP contribution in [0.2, 0.25) is 0 Å². The van der Waals surface area contributed by atoms with Crippen LogP contribution in [0.1, 0.15) is 252 Å². The third-order valence-electron chi connectivity index (χ3n) is 10.5. The Labute approximate surface area is 274 Å². The van der Waals surface area contributed by atoms with Gasteiger partial charge in [-0.15, -0.1) is 0 Å². The molecule has 0 radical (unpaired) electrons. The third-order valence-corrected chi connectivity index (χ3v) is 10.5. The fourth-order valence-electron chi connectivity index (χ4n) is 7.26. The van der Waals surface area contributed by atoms with Gasteiger partial charge in [0.2, 0.25) is 0 Å². The standard InChI is InChI=1S/C42H86O/c1-4-6-8-10-12-14-16-18-20-22-23-25-27-29-31-33-37-41(3)42(39-35-36-40-43)38-34-32-30-28-26-24-21-19-17-15-13-11-9-7-5-2/h41-43H,4-40H2,1-3H3. The zero-order valence-corrected chi connectivity index (χ0v) is 30.8. The topological polar surface area (TPSA) is 20.2 Å². The van der Waals surface area contributed by atoms with Crippen LogP contribution >= 0.6 is 0 Å². The Morgan fingerprint density at radius 3 is 0.814 bits per heavy atom. The van der Waals surface area contributed by atoms with Crippen LogP contribution in [0.4, 0.5) is 0 Å². The Bertz CT molecular complexity index is 474. The van der Waals surface area contributed by atoms with Crippen molar-refractivity contribution in [2.24, 2.45) is 11.8 Å². The lowest BCUT2D eigenvalue weighted by Gasteiger charge is -2.24. The summed E-state index contributed by atoms with van der Waals surface area (Å²) in [5.74, 6) is 1.77. The molecule has 0 bridgehead atoms. The summed E-state index contributed by atoms with van der Waals surface area (Å²) in [4.78, 5) is 0. The van der Waals surface area contributed by atoms with Crippen molar-refractivity contribution in [1.29, 1.82) is 0 Å². The second-order valence-electron chi connectivity index (χ2n) is 14.8. The first-order valence-electron chi connectivity index (χ1n) is 20.9. The van der Waals surface area contributed by atoms with Gasteiger partial charge < -0.3 is 5.11 Å². The molecule has 0 aliphatic rings. The first-order valence-corrected chi connectivity index (χ1v) is 20.9. The molecule has 0 saturated heterocycles. The Hall–Kier alpha value is -0.0400. The van der Waals surface area contributed by atoms with Gasteiger partial charge in [0.15, 0.2) is 0 Å². The number of hydrogen-bond acceptors (Lipinski definition) is 1. The molecule has 0 amide bonds. The van der Waals surface area contributed by atoms with Crippen molar-refractivity contribution in [2.45, 2.75) is 252 Å². The van der Waals surface area contributed by atoms with Crippen LogP contribution in [0.3, 0.4) is 0 Å². The van der Waals surface area contributed by atoms with Crippen molar-refractivity contribution in [1.82, 2.24) is 0 Å². The van der Waals surface area contributed by atoms with E-state index in [4.69, 9.17) is 0 Å². The molecular formula is C42H86O. The molecule has 1 N–H and O–H groups in total. The smallest absolute Gasteiger partial charge is 0.0431 e. The van der Waals surface area contributed by atoms with E-state index >= 15 is 0 Å². The molecule has 0 fully saturated rings. The zero-order valence-electron chi connectivity index (χ0n) is 30.8. The molecule has 0 aliphatic heterocycles. The minimum atomic E-state index is 0.374. The van der Waals surface area contributed by atoms with Crippen LogP contribution in [-0.2, 0) is 0 Å². The van der Waals surface area contributed by atoms with Gasteiger partial charge in [-0.1, -0.05) is 245 Å². The summed E-state index contributed by atoms with van der Waals surface area (Å²) >= 11 is 0. The molecule has 0 aromatic carbocycles. The summed E-state index contributed by atoms with van der Waals surface area (Å²) in [5.41, 5.74) is 0. The molecule has 0 spiro atoms. The Kier molecular flexibility index (Phi) is 38.1. The van der Waals surface area contributed by atoms with Gasteiger partial charge in [0, 0.05) is 6.61 Å². The predicted octanol–water partition coefficient (Wildman–Crippen LogP) is 15.3. The van der Waals surface area contributed by atoms with Crippen molar-refractivity contribution in [3.63, 3.8) is 0 Å². The van der Waals surface area contributed by atoms with E-state index in [0.29, 0.717) is 6.61 Å². The van der Waals surface area contributed by atoms with Crippen molar-refractivity contribution in [3.05, 3.63) is 0 Å². The van der Waals surface area contributed by atoms with E-state index in [9.17, 15) is 5.11 Å². The Balaban J connectivity index is 3.66. The van der Waals surface area contributed by atoms with Crippen molar-refractivity contribution in [2.75, 3.05) is 6.61 Å². The molecule has 2 atom stereocenters. The molecule has 0 saturated carbocycles. The van der Waals surface area contributed by atoms with Crippen molar-refractivity contribution < 1.29 is 5.11 Å². The summed E-state index contributed by atoms with van der Waals surface area (Å²) < 4.78 is 0. The summed E-state index contributed by atoms with van der Waals surface area (Å²) in [6.45, 7) is 7.53. The van der Waals surface area contributed by atoms with Gasteiger partial charge >= 0.3 is 0 Å². The lowest BCUT2D eigenvalue weighted by molar-refractivity contribution is 0.248. The van der Waals surface area contributed by atoms with E-state index in [1.54, 1.807) is 0 Å². The van der Waals surface area contributed by atoms with Gasteiger partial charge in [-0.3, -0.25) is 0 Å². The normalized spacial score (nSPS) is 13.1. The average Bonchev–Trinajstić information content (AvgIpc) is 3.01. The second kappa shape index (κ2) is 38.1. The minimum absolute atomic E-state index is 0.374. The lowest BCUT2D eigenvalue weighted by Crippen LogP contribution is -2.12. The average molecular weight is 607 g/mol. The highest BCUT2D eigenvalue weighted by Crippen LogP contribution is 2.29. The van der Waals surface area contributed by atoms with E-state index in [0.717, 1.165) is 18.3 Å². The SMILES string of the molecule is CCCCCCCCCCCCCCCCCCC(C)C(CCCCO)CCCCCCCCCCCCCCCCC. The molecule has 2 unspecified atom stereocenters. The van der Waals surface area contributed by atoms with Gasteiger partial charge in [-0.25, -0.2) is 0 Å². The molecule has 0 aromatic rings. The van der Waals surface area contributed by atoms with Gasteiger partial charge in [-0.2, -0.15) is 0 Å². The van der Waals surface area contributed by atoms with E-state index in [-0.39, 0.29) is 0 Å². The van der Waals surface area contributed by atoms with Gasteiger partial charge in [0.25, 0.3) is 0 Å². The van der Waals surface area contributed by atoms with Crippen molar-refractivity contribution in [3.8, 4) is 0 Å². The van der Waals surface area contributed by atoms with Gasteiger partial charge in [0.1, 0.15) is 0 Å². The van der Waals surface area contributed by atoms with Crippen molar-refractivity contribution >= 4 is 0 Å². The molecule has 1 nitrogen and oxygen atoms in total. The molecule has 0 heterocycles. The number of unbranched alkanes of at least 4 members (excludes halogenated alkanes) is 30. The van der Waals surface area contributed by atoms with E-state index < -0.39 is 0 Å². The van der Waals surface area contributed by atoms with Crippen LogP contribution in [-0.4, -0.2) is 11.7 Å². The minimum Gasteiger partial charge on any atom is -0.396 e. The summed E-state index contributed by atoms with van der Waals surface area (Å²) in [7, 11) is 0. The highest BCUT2D eigenvalue weighted by atomic mass is 16.2. The molecule has 0 rings (SSSR count). The van der Waals surface area contributed by atoms with E-state index in [2.05, 4.69) is 20.8 Å². The molecule has 260 valence electrons. The number of hydrogen-bond donors (Lipinski definition) is 1. The first kappa shape index (κ1) is 43.0. The van der Waals surface area contributed by atoms with E-state index in [1.807, 2.05) is 0 Å². The third kappa shape index (κ3) is 34.7. The Morgan fingerprint density at radius 2 is 0.535 bits per heavy atom. The molecule has 1 heteroatoms. The molecular weight excluding hydrogens is 520 g/mol. The Morgan fingerprint density at radius 1 is 0.302 bits per heavy atom. The van der Waals surface area contributed by atoms with Crippen LogP contribution < -0.4 is 0 Å². The highest BCUT2D eigenvalue weighted by Gasteiger charge is 2.16. The summed E-state index contributed by atoms with van der Waals surface area (Å²) in [6, 6.07) is 0. The van der Waals surface area contributed by atoms with E-state index in [1.165, 1.54) is 225 Å². The van der Waals surface area contributed by atoms with Crippen LogP contribution in [0, 0.1) is 11.8 Å². The predicted molar refractivity (Wildman–Crippen MR) is 197 cm³/mol. The second-order valence-corrected chi connectivity index (χ2v) is 14.8. The molecule has 43 heavy (non-hydrogen) atoms. The maximum absolute atomic E-state index is 9.29. The quantitative estimate of drug-likeness (QED) is 0.0693. The van der Waals surface area contributed by atoms with Crippen LogP contribution in [0.5, 0.6) is 0 Å². The monoisotopic (exact) mass is 607 g/mol. The zero-order chi connectivity index (χ0) is 31.3.